The Labute approximate surface area is 153 Å². The van der Waals surface area contributed by atoms with E-state index >= 15 is 0 Å². The van der Waals surface area contributed by atoms with Crippen molar-refractivity contribution in [3.05, 3.63) is 35.9 Å². The summed E-state index contributed by atoms with van der Waals surface area (Å²) < 4.78 is 5.29. The summed E-state index contributed by atoms with van der Waals surface area (Å²) in [7, 11) is 0. The largest absolute Gasteiger partial charge is 0.459 e. The molecule has 24 heavy (non-hydrogen) atoms. The van der Waals surface area contributed by atoms with E-state index in [0.717, 1.165) is 0 Å². The highest BCUT2D eigenvalue weighted by molar-refractivity contribution is 8.17. The second-order valence-electron chi connectivity index (χ2n) is 6.13. The third-order valence-corrected chi connectivity index (χ3v) is 5.87. The SMILES string of the molecule is CC(C)SC(C[C@@H](O)[C@@H](O)COC(=O)c1ccccc1)SC(C)C. The Morgan fingerprint density at radius 3 is 2.04 bits per heavy atom. The van der Waals surface area contributed by atoms with Crippen molar-refractivity contribution >= 4 is 29.5 Å². The zero-order chi connectivity index (χ0) is 18.1. The monoisotopic (exact) mass is 372 g/mol. The van der Waals surface area contributed by atoms with E-state index in [1.807, 2.05) is 6.07 Å². The van der Waals surface area contributed by atoms with Gasteiger partial charge in [0.2, 0.25) is 0 Å². The smallest absolute Gasteiger partial charge is 0.338 e. The molecular formula is C18H28O4S2. The number of hydrogen-bond acceptors (Lipinski definition) is 6. The third kappa shape index (κ3) is 8.42. The molecule has 4 nitrogen and oxygen atoms in total. The molecule has 0 aromatic heterocycles. The van der Waals surface area contributed by atoms with Crippen molar-refractivity contribution in [1.82, 2.24) is 0 Å². The van der Waals surface area contributed by atoms with Crippen LogP contribution >= 0.6 is 23.5 Å². The molecule has 0 bridgehead atoms. The van der Waals surface area contributed by atoms with E-state index in [1.165, 1.54) is 0 Å². The van der Waals surface area contributed by atoms with E-state index in [4.69, 9.17) is 4.74 Å². The lowest BCUT2D eigenvalue weighted by atomic mass is 10.1. The quantitative estimate of drug-likeness (QED) is 0.483. The molecular weight excluding hydrogens is 344 g/mol. The average Bonchev–Trinajstić information content (AvgIpc) is 2.51. The van der Waals surface area contributed by atoms with Gasteiger partial charge in [-0.05, 0) is 18.6 Å². The van der Waals surface area contributed by atoms with Crippen LogP contribution < -0.4 is 0 Å². The summed E-state index contributed by atoms with van der Waals surface area (Å²) in [5.41, 5.74) is 0.433. The van der Waals surface area contributed by atoms with Gasteiger partial charge < -0.3 is 14.9 Å². The Kier molecular flexibility index (Phi) is 9.81. The number of ether oxygens (including phenoxy) is 1. The van der Waals surface area contributed by atoms with Crippen LogP contribution in [0.3, 0.4) is 0 Å². The van der Waals surface area contributed by atoms with Gasteiger partial charge in [-0.2, -0.15) is 0 Å². The Morgan fingerprint density at radius 1 is 1.00 bits per heavy atom. The van der Waals surface area contributed by atoms with E-state index in [0.29, 0.717) is 22.5 Å². The van der Waals surface area contributed by atoms with Crippen LogP contribution in [-0.2, 0) is 4.74 Å². The number of rotatable bonds is 10. The molecule has 0 spiro atoms. The highest BCUT2D eigenvalue weighted by Gasteiger charge is 2.24. The molecule has 0 aliphatic heterocycles. The molecule has 0 heterocycles. The predicted octanol–water partition coefficient (Wildman–Crippen LogP) is 3.56. The maximum Gasteiger partial charge on any atom is 0.338 e. The van der Waals surface area contributed by atoms with Crippen molar-refractivity contribution in [2.45, 2.75) is 61.4 Å². The van der Waals surface area contributed by atoms with Crippen molar-refractivity contribution in [2.24, 2.45) is 0 Å². The van der Waals surface area contributed by atoms with Crippen molar-refractivity contribution in [3.8, 4) is 0 Å². The minimum absolute atomic E-state index is 0.194. The number of carbonyl (C=O) groups excluding carboxylic acids is 1. The molecule has 0 amide bonds. The molecule has 2 atom stereocenters. The van der Waals surface area contributed by atoms with Gasteiger partial charge in [-0.25, -0.2) is 4.79 Å². The van der Waals surface area contributed by atoms with Crippen molar-refractivity contribution < 1.29 is 19.7 Å². The van der Waals surface area contributed by atoms with Gasteiger partial charge in [0.15, 0.2) is 0 Å². The lowest BCUT2D eigenvalue weighted by molar-refractivity contribution is -0.0283. The van der Waals surface area contributed by atoms with Crippen molar-refractivity contribution in [3.63, 3.8) is 0 Å². The molecule has 0 saturated heterocycles. The summed E-state index contributed by atoms with van der Waals surface area (Å²) in [5.74, 6) is -0.494. The first-order valence-electron chi connectivity index (χ1n) is 8.18. The Hall–Kier alpha value is -0.690. The third-order valence-electron chi connectivity index (χ3n) is 3.12. The Bertz CT molecular complexity index is 469. The summed E-state index contributed by atoms with van der Waals surface area (Å²) in [6.07, 6.45) is -1.55. The summed E-state index contributed by atoms with van der Waals surface area (Å²) in [5, 5.41) is 21.2. The van der Waals surface area contributed by atoms with E-state index in [2.05, 4.69) is 27.7 Å². The van der Waals surface area contributed by atoms with E-state index < -0.39 is 18.2 Å². The van der Waals surface area contributed by atoms with Gasteiger partial charge in [-0.1, -0.05) is 45.9 Å². The van der Waals surface area contributed by atoms with Gasteiger partial charge in [-0.3, -0.25) is 0 Å². The first-order valence-corrected chi connectivity index (χ1v) is 10.1. The zero-order valence-electron chi connectivity index (χ0n) is 14.7. The van der Waals surface area contributed by atoms with Crippen LogP contribution in [0.5, 0.6) is 0 Å². The number of carbonyl (C=O) groups is 1. The van der Waals surface area contributed by atoms with Gasteiger partial charge in [0.05, 0.1) is 16.2 Å². The molecule has 1 aromatic rings. The maximum absolute atomic E-state index is 11.9. The van der Waals surface area contributed by atoms with Crippen LogP contribution in [0.25, 0.3) is 0 Å². The normalized spacial score (nSPS) is 14.2. The van der Waals surface area contributed by atoms with E-state index in [1.54, 1.807) is 47.8 Å². The van der Waals surface area contributed by atoms with Gasteiger partial charge in [0.25, 0.3) is 0 Å². The molecule has 0 aliphatic carbocycles. The van der Waals surface area contributed by atoms with Crippen LogP contribution in [0, 0.1) is 0 Å². The minimum Gasteiger partial charge on any atom is -0.459 e. The maximum atomic E-state index is 11.9. The number of aliphatic hydroxyl groups excluding tert-OH is 2. The molecule has 1 rings (SSSR count). The zero-order valence-corrected chi connectivity index (χ0v) is 16.3. The predicted molar refractivity (Wildman–Crippen MR) is 103 cm³/mol. The van der Waals surface area contributed by atoms with Gasteiger partial charge in [0, 0.05) is 10.5 Å². The molecule has 1 aromatic carbocycles. The number of hydrogen-bond donors (Lipinski definition) is 2. The Morgan fingerprint density at radius 2 is 1.54 bits per heavy atom. The number of aliphatic hydroxyl groups is 2. The summed E-state index contributed by atoms with van der Waals surface area (Å²) in [4.78, 5) is 11.9. The summed E-state index contributed by atoms with van der Waals surface area (Å²) in [6, 6.07) is 8.62. The topological polar surface area (TPSA) is 66.8 Å². The van der Waals surface area contributed by atoms with Gasteiger partial charge >= 0.3 is 5.97 Å². The molecule has 0 fully saturated rings. The minimum atomic E-state index is -1.08. The van der Waals surface area contributed by atoms with Crippen LogP contribution in [-0.4, -0.2) is 50.1 Å². The standard InChI is InChI=1S/C18H28O4S2/c1-12(2)23-17(24-13(3)4)10-15(19)16(20)11-22-18(21)14-8-6-5-7-9-14/h5-9,12-13,15-17,19-20H,10-11H2,1-4H3/t15-,16+/m1/s1. The number of benzene rings is 1. The summed E-state index contributed by atoms with van der Waals surface area (Å²) >= 11 is 3.56. The average molecular weight is 373 g/mol. The molecule has 6 heteroatoms. The second-order valence-corrected chi connectivity index (χ2v) is 10.0. The van der Waals surface area contributed by atoms with Crippen LogP contribution in [0.1, 0.15) is 44.5 Å². The number of thioether (sulfide) groups is 2. The lowest BCUT2D eigenvalue weighted by Gasteiger charge is -2.25. The number of esters is 1. The highest BCUT2D eigenvalue weighted by Crippen LogP contribution is 2.34. The second kappa shape index (κ2) is 11.0. The molecule has 0 radical (unpaired) electrons. The summed E-state index contributed by atoms with van der Waals surface area (Å²) in [6.45, 7) is 8.25. The van der Waals surface area contributed by atoms with Crippen LogP contribution in [0.15, 0.2) is 30.3 Å². The van der Waals surface area contributed by atoms with E-state index in [-0.39, 0.29) is 11.2 Å². The van der Waals surface area contributed by atoms with Gasteiger partial charge in [-0.15, -0.1) is 23.5 Å². The molecule has 0 aliphatic rings. The molecule has 2 N–H and O–H groups in total. The molecule has 136 valence electrons. The highest BCUT2D eigenvalue weighted by atomic mass is 32.2. The fourth-order valence-corrected chi connectivity index (χ4v) is 5.46. The fourth-order valence-electron chi connectivity index (χ4n) is 2.03. The Balaban J connectivity index is 2.47. The fraction of sp³-hybridized carbons (Fsp3) is 0.611. The molecule has 0 saturated carbocycles. The van der Waals surface area contributed by atoms with Crippen LogP contribution in [0.4, 0.5) is 0 Å². The first kappa shape index (κ1) is 21.4. The van der Waals surface area contributed by atoms with Crippen molar-refractivity contribution in [1.29, 1.82) is 0 Å². The lowest BCUT2D eigenvalue weighted by Crippen LogP contribution is -2.33. The first-order chi connectivity index (χ1) is 11.3. The van der Waals surface area contributed by atoms with E-state index in [9.17, 15) is 15.0 Å². The van der Waals surface area contributed by atoms with Crippen molar-refractivity contribution in [2.75, 3.05) is 6.61 Å². The van der Waals surface area contributed by atoms with Crippen LogP contribution in [0.2, 0.25) is 0 Å². The van der Waals surface area contributed by atoms with Gasteiger partial charge in [0.1, 0.15) is 12.7 Å². The molecule has 0 unspecified atom stereocenters.